The molecule has 0 radical (unpaired) electrons. The maximum Gasteiger partial charge on any atom is 0.248 e. The predicted molar refractivity (Wildman–Crippen MR) is 104 cm³/mol. The molecule has 0 fully saturated rings. The number of carbonyl (C=O) groups is 1. The van der Waals surface area contributed by atoms with E-state index in [1.54, 1.807) is 24.3 Å². The maximum absolute atomic E-state index is 12.4. The highest BCUT2D eigenvalue weighted by molar-refractivity contribution is 6.06. The summed E-state index contributed by atoms with van der Waals surface area (Å²) in [4.78, 5) is 28.0. The van der Waals surface area contributed by atoms with E-state index in [1.165, 1.54) is 23.2 Å². The molecule has 0 saturated heterocycles. The number of benzene rings is 2. The van der Waals surface area contributed by atoms with E-state index >= 15 is 0 Å². The van der Waals surface area contributed by atoms with Crippen LogP contribution in [0.4, 0.5) is 5.69 Å². The molecule has 134 valence electrons. The minimum absolute atomic E-state index is 0.170. The number of hydrogen-bond acceptors (Lipinski definition) is 5. The SMILES string of the molecule is N=CCC(=Nc1ccccc1)c1nn(-c2ccc(C(N)=O)cc2)ccc1=O. The van der Waals surface area contributed by atoms with E-state index < -0.39 is 5.91 Å². The summed E-state index contributed by atoms with van der Waals surface area (Å²) >= 11 is 0. The summed E-state index contributed by atoms with van der Waals surface area (Å²) in [6.45, 7) is 0. The second kappa shape index (κ2) is 8.01. The van der Waals surface area contributed by atoms with Gasteiger partial charge in [0.25, 0.3) is 0 Å². The number of aromatic nitrogens is 2. The van der Waals surface area contributed by atoms with Crippen molar-refractivity contribution in [1.82, 2.24) is 9.78 Å². The minimum atomic E-state index is -0.515. The molecule has 0 aliphatic carbocycles. The van der Waals surface area contributed by atoms with Crippen molar-refractivity contribution in [3.63, 3.8) is 0 Å². The number of nitrogens with two attached hydrogens (primary N) is 1. The fraction of sp³-hybridized carbons (Fsp3) is 0.0500. The lowest BCUT2D eigenvalue weighted by Gasteiger charge is -2.09. The predicted octanol–water partition coefficient (Wildman–Crippen LogP) is 2.49. The summed E-state index contributed by atoms with van der Waals surface area (Å²) in [5.41, 5.74) is 7.27. The van der Waals surface area contributed by atoms with Crippen LogP contribution in [0.1, 0.15) is 22.5 Å². The van der Waals surface area contributed by atoms with E-state index in [0.29, 0.717) is 22.6 Å². The monoisotopic (exact) mass is 359 g/mol. The first kappa shape index (κ1) is 17.9. The fourth-order valence-corrected chi connectivity index (χ4v) is 2.48. The quantitative estimate of drug-likeness (QED) is 0.659. The van der Waals surface area contributed by atoms with Crippen molar-refractivity contribution in [2.24, 2.45) is 10.7 Å². The maximum atomic E-state index is 12.4. The van der Waals surface area contributed by atoms with E-state index in [9.17, 15) is 9.59 Å². The molecule has 3 rings (SSSR count). The lowest BCUT2D eigenvalue weighted by molar-refractivity contribution is 0.100. The summed E-state index contributed by atoms with van der Waals surface area (Å²) in [6, 6.07) is 17.1. The van der Waals surface area contributed by atoms with E-state index in [4.69, 9.17) is 11.1 Å². The molecule has 0 atom stereocenters. The normalized spacial score (nSPS) is 11.2. The third-order valence-electron chi connectivity index (χ3n) is 3.81. The van der Waals surface area contributed by atoms with Crippen LogP contribution >= 0.6 is 0 Å². The molecular weight excluding hydrogens is 342 g/mol. The van der Waals surface area contributed by atoms with Gasteiger partial charge in [-0.15, -0.1) is 0 Å². The van der Waals surface area contributed by atoms with Crippen molar-refractivity contribution in [2.75, 3.05) is 0 Å². The molecule has 3 N–H and O–H groups in total. The van der Waals surface area contributed by atoms with Crippen molar-refractivity contribution in [3.8, 4) is 5.69 Å². The van der Waals surface area contributed by atoms with Gasteiger partial charge < -0.3 is 11.1 Å². The van der Waals surface area contributed by atoms with E-state index in [2.05, 4.69) is 10.1 Å². The van der Waals surface area contributed by atoms with Crippen molar-refractivity contribution < 1.29 is 4.79 Å². The summed E-state index contributed by atoms with van der Waals surface area (Å²) in [5.74, 6) is -0.515. The lowest BCUT2D eigenvalue weighted by Crippen LogP contribution is -2.21. The Balaban J connectivity index is 2.05. The fourth-order valence-electron chi connectivity index (χ4n) is 2.48. The number of rotatable bonds is 6. The van der Waals surface area contributed by atoms with Gasteiger partial charge in [0, 0.05) is 30.5 Å². The Labute approximate surface area is 155 Å². The van der Waals surface area contributed by atoms with Gasteiger partial charge in [-0.3, -0.25) is 14.6 Å². The zero-order valence-electron chi connectivity index (χ0n) is 14.4. The Morgan fingerprint density at radius 3 is 2.44 bits per heavy atom. The van der Waals surface area contributed by atoms with Crippen LogP contribution in [0.15, 0.2) is 76.6 Å². The van der Waals surface area contributed by atoms with Gasteiger partial charge in [0.1, 0.15) is 0 Å². The highest BCUT2D eigenvalue weighted by Crippen LogP contribution is 2.13. The lowest BCUT2D eigenvalue weighted by atomic mass is 10.2. The number of primary amides is 1. The zero-order valence-corrected chi connectivity index (χ0v) is 14.4. The number of hydrogen-bond donors (Lipinski definition) is 2. The van der Waals surface area contributed by atoms with Gasteiger partial charge >= 0.3 is 0 Å². The van der Waals surface area contributed by atoms with Crippen molar-refractivity contribution in [2.45, 2.75) is 6.42 Å². The average Bonchev–Trinajstić information content (AvgIpc) is 2.69. The van der Waals surface area contributed by atoms with E-state index in [0.717, 1.165) is 0 Å². The molecule has 1 aromatic heterocycles. The number of nitrogens with one attached hydrogen (secondary N) is 1. The van der Waals surface area contributed by atoms with Crippen LogP contribution in [0.3, 0.4) is 0 Å². The molecule has 2 aromatic carbocycles. The zero-order chi connectivity index (χ0) is 19.2. The number of amides is 1. The van der Waals surface area contributed by atoms with Crippen molar-refractivity contribution >= 4 is 23.5 Å². The Hall–Kier alpha value is -3.87. The second-order valence-electron chi connectivity index (χ2n) is 5.69. The van der Waals surface area contributed by atoms with Gasteiger partial charge in [-0.25, -0.2) is 4.68 Å². The molecule has 0 saturated carbocycles. The van der Waals surface area contributed by atoms with Crippen LogP contribution in [0.2, 0.25) is 0 Å². The average molecular weight is 359 g/mol. The summed E-state index contributed by atoms with van der Waals surface area (Å²) in [5, 5.41) is 11.8. The molecule has 27 heavy (non-hydrogen) atoms. The number of carbonyl (C=O) groups excluding carboxylic acids is 1. The first-order chi connectivity index (χ1) is 13.1. The summed E-state index contributed by atoms with van der Waals surface area (Å²) in [7, 11) is 0. The van der Waals surface area contributed by atoms with E-state index in [1.807, 2.05) is 30.3 Å². The molecule has 0 aliphatic heterocycles. The minimum Gasteiger partial charge on any atom is -0.366 e. The topological polar surface area (TPSA) is 114 Å². The van der Waals surface area contributed by atoms with Gasteiger partial charge in [-0.1, -0.05) is 18.2 Å². The van der Waals surface area contributed by atoms with Crippen LogP contribution in [0.5, 0.6) is 0 Å². The molecular formula is C20H17N5O2. The molecule has 0 unspecified atom stereocenters. The number of para-hydroxylation sites is 1. The number of aliphatic imine (C=N–C) groups is 1. The van der Waals surface area contributed by atoms with Gasteiger partial charge in [-0.2, -0.15) is 5.10 Å². The largest absolute Gasteiger partial charge is 0.366 e. The van der Waals surface area contributed by atoms with Crippen molar-refractivity contribution in [1.29, 1.82) is 5.41 Å². The molecule has 7 nitrogen and oxygen atoms in total. The first-order valence-corrected chi connectivity index (χ1v) is 8.20. The highest BCUT2D eigenvalue weighted by Gasteiger charge is 2.11. The van der Waals surface area contributed by atoms with Gasteiger partial charge in [0.05, 0.1) is 17.1 Å². The molecule has 0 bridgehead atoms. The first-order valence-electron chi connectivity index (χ1n) is 8.20. The molecule has 1 amide bonds. The molecule has 0 aliphatic rings. The van der Waals surface area contributed by atoms with E-state index in [-0.39, 0.29) is 17.5 Å². The Morgan fingerprint density at radius 2 is 1.81 bits per heavy atom. The van der Waals surface area contributed by atoms with Gasteiger partial charge in [0.15, 0.2) is 5.69 Å². The third kappa shape index (κ3) is 4.21. The molecule has 0 spiro atoms. The van der Waals surface area contributed by atoms with Crippen LogP contribution in [0, 0.1) is 5.41 Å². The van der Waals surface area contributed by atoms with Crippen LogP contribution < -0.4 is 11.2 Å². The van der Waals surface area contributed by atoms with Crippen LogP contribution in [-0.2, 0) is 0 Å². The number of nitrogens with zero attached hydrogens (tertiary/aromatic N) is 3. The Bertz CT molecular complexity index is 1050. The van der Waals surface area contributed by atoms with Gasteiger partial charge in [-0.05, 0) is 36.4 Å². The Kier molecular flexibility index (Phi) is 5.32. The molecule has 1 heterocycles. The van der Waals surface area contributed by atoms with Crippen LogP contribution in [-0.4, -0.2) is 27.6 Å². The summed E-state index contributed by atoms with van der Waals surface area (Å²) in [6.07, 6.45) is 2.90. The third-order valence-corrected chi connectivity index (χ3v) is 3.81. The second-order valence-corrected chi connectivity index (χ2v) is 5.69. The van der Waals surface area contributed by atoms with Gasteiger partial charge in [0.2, 0.25) is 11.3 Å². The highest BCUT2D eigenvalue weighted by atomic mass is 16.1. The standard InChI is InChI=1S/C20H17N5O2/c21-12-10-17(23-15-4-2-1-3-5-15)19-18(26)11-13-25(24-19)16-8-6-14(7-9-16)20(22)27/h1-9,11-13,21H,10H2,(H2,22,27). The van der Waals surface area contributed by atoms with Crippen molar-refractivity contribution in [3.05, 3.63) is 88.3 Å². The molecule has 7 heteroatoms. The van der Waals surface area contributed by atoms with Crippen LogP contribution in [0.25, 0.3) is 5.69 Å². The Morgan fingerprint density at radius 1 is 1.11 bits per heavy atom. The summed E-state index contributed by atoms with van der Waals surface area (Å²) < 4.78 is 1.52. The molecule has 3 aromatic rings. The smallest absolute Gasteiger partial charge is 0.248 e.